The van der Waals surface area contributed by atoms with Gasteiger partial charge in [0.25, 0.3) is 0 Å². The second-order valence-electron chi connectivity index (χ2n) is 2.92. The van der Waals surface area contributed by atoms with E-state index < -0.39 is 0 Å². The standard InChI is InChI=1S/C9H11N5OS/c1-15-9-7(10)8(13-5-14-9)12-4-6-11-2-3-16-6/h2-3,5H,4,10H2,1H3,(H,12,13,14). The summed E-state index contributed by atoms with van der Waals surface area (Å²) in [6, 6.07) is 0. The Labute approximate surface area is 96.5 Å². The molecule has 7 heteroatoms. The number of thiazole rings is 1. The molecule has 3 N–H and O–H groups in total. The molecule has 0 bridgehead atoms. The third kappa shape index (κ3) is 2.19. The van der Waals surface area contributed by atoms with Crippen molar-refractivity contribution >= 4 is 22.8 Å². The van der Waals surface area contributed by atoms with Crippen molar-refractivity contribution in [2.24, 2.45) is 0 Å². The molecule has 0 unspecified atom stereocenters. The number of rotatable bonds is 4. The molecule has 16 heavy (non-hydrogen) atoms. The van der Waals surface area contributed by atoms with Crippen LogP contribution in [0.15, 0.2) is 17.9 Å². The van der Waals surface area contributed by atoms with Crippen molar-refractivity contribution in [1.82, 2.24) is 15.0 Å². The summed E-state index contributed by atoms with van der Waals surface area (Å²) >= 11 is 1.57. The number of nitrogens with one attached hydrogen (secondary N) is 1. The monoisotopic (exact) mass is 237 g/mol. The van der Waals surface area contributed by atoms with Gasteiger partial charge in [-0.15, -0.1) is 11.3 Å². The number of nitrogens with two attached hydrogens (primary N) is 1. The molecular formula is C9H11N5OS. The normalized spacial score (nSPS) is 10.1. The van der Waals surface area contributed by atoms with Crippen LogP contribution in [0.3, 0.4) is 0 Å². The maximum absolute atomic E-state index is 5.80. The topological polar surface area (TPSA) is 86.0 Å². The molecule has 0 radical (unpaired) electrons. The number of ether oxygens (including phenoxy) is 1. The van der Waals surface area contributed by atoms with Crippen molar-refractivity contribution in [3.8, 4) is 5.88 Å². The summed E-state index contributed by atoms with van der Waals surface area (Å²) < 4.78 is 4.99. The lowest BCUT2D eigenvalue weighted by Gasteiger charge is -2.08. The minimum atomic E-state index is 0.372. The summed E-state index contributed by atoms with van der Waals surface area (Å²) in [5.41, 5.74) is 6.21. The van der Waals surface area contributed by atoms with Gasteiger partial charge < -0.3 is 15.8 Å². The molecule has 0 atom stereocenters. The smallest absolute Gasteiger partial charge is 0.242 e. The van der Waals surface area contributed by atoms with Gasteiger partial charge >= 0.3 is 0 Å². The third-order valence-corrected chi connectivity index (χ3v) is 2.71. The zero-order valence-corrected chi connectivity index (χ0v) is 9.49. The van der Waals surface area contributed by atoms with Gasteiger partial charge in [0.1, 0.15) is 17.0 Å². The fourth-order valence-electron chi connectivity index (χ4n) is 1.18. The Balaban J connectivity index is 2.09. The van der Waals surface area contributed by atoms with Gasteiger partial charge in [0.15, 0.2) is 5.82 Å². The highest BCUT2D eigenvalue weighted by Gasteiger charge is 2.07. The van der Waals surface area contributed by atoms with Crippen LogP contribution in [-0.4, -0.2) is 22.1 Å². The lowest BCUT2D eigenvalue weighted by Crippen LogP contribution is -2.06. The van der Waals surface area contributed by atoms with Crippen LogP contribution in [0, 0.1) is 0 Å². The average molecular weight is 237 g/mol. The molecule has 2 rings (SSSR count). The third-order valence-electron chi connectivity index (χ3n) is 1.93. The van der Waals surface area contributed by atoms with Gasteiger partial charge in [-0.25, -0.2) is 9.97 Å². The van der Waals surface area contributed by atoms with Crippen molar-refractivity contribution in [2.75, 3.05) is 18.2 Å². The number of nitrogens with zero attached hydrogens (tertiary/aromatic N) is 3. The molecule has 2 aromatic rings. The Hall–Kier alpha value is -1.89. The number of anilines is 2. The average Bonchev–Trinajstić information content (AvgIpc) is 2.81. The van der Waals surface area contributed by atoms with Gasteiger partial charge in [0, 0.05) is 11.6 Å². The van der Waals surface area contributed by atoms with Crippen LogP contribution < -0.4 is 15.8 Å². The van der Waals surface area contributed by atoms with E-state index in [-0.39, 0.29) is 0 Å². The minimum Gasteiger partial charge on any atom is -0.479 e. The van der Waals surface area contributed by atoms with E-state index in [9.17, 15) is 0 Å². The molecule has 0 aliphatic carbocycles. The van der Waals surface area contributed by atoms with Crippen LogP contribution in [0.2, 0.25) is 0 Å². The Morgan fingerprint density at radius 3 is 3.00 bits per heavy atom. The van der Waals surface area contributed by atoms with Gasteiger partial charge in [-0.05, 0) is 0 Å². The Morgan fingerprint density at radius 1 is 1.44 bits per heavy atom. The van der Waals surface area contributed by atoms with Gasteiger partial charge in [-0.3, -0.25) is 0 Å². The van der Waals surface area contributed by atoms with Gasteiger partial charge in [-0.2, -0.15) is 4.98 Å². The molecule has 0 fully saturated rings. The quantitative estimate of drug-likeness (QED) is 0.829. The summed E-state index contributed by atoms with van der Waals surface area (Å²) in [6.07, 6.45) is 3.16. The molecular weight excluding hydrogens is 226 g/mol. The minimum absolute atomic E-state index is 0.372. The van der Waals surface area contributed by atoms with E-state index in [0.717, 1.165) is 5.01 Å². The van der Waals surface area contributed by atoms with Crippen LogP contribution in [0.1, 0.15) is 5.01 Å². The maximum atomic E-state index is 5.80. The van der Waals surface area contributed by atoms with Crippen LogP contribution >= 0.6 is 11.3 Å². The highest BCUT2D eigenvalue weighted by atomic mass is 32.1. The zero-order valence-electron chi connectivity index (χ0n) is 8.67. The first-order valence-corrected chi connectivity index (χ1v) is 5.46. The Kier molecular flexibility index (Phi) is 3.16. The molecule has 0 saturated heterocycles. The van der Waals surface area contributed by atoms with Crippen molar-refractivity contribution in [3.05, 3.63) is 22.9 Å². The SMILES string of the molecule is COc1ncnc(NCc2nccs2)c1N. The fourth-order valence-corrected chi connectivity index (χ4v) is 1.74. The van der Waals surface area contributed by atoms with E-state index in [1.54, 1.807) is 17.5 Å². The van der Waals surface area contributed by atoms with Crippen molar-refractivity contribution in [2.45, 2.75) is 6.54 Å². The summed E-state index contributed by atoms with van der Waals surface area (Å²) in [4.78, 5) is 12.1. The first-order valence-electron chi connectivity index (χ1n) is 4.58. The number of methoxy groups -OCH3 is 1. The molecule has 0 amide bonds. The van der Waals surface area contributed by atoms with Crippen LogP contribution in [0.5, 0.6) is 5.88 Å². The van der Waals surface area contributed by atoms with E-state index in [1.807, 2.05) is 5.38 Å². The molecule has 2 aromatic heterocycles. The molecule has 0 spiro atoms. The van der Waals surface area contributed by atoms with E-state index >= 15 is 0 Å². The van der Waals surface area contributed by atoms with E-state index in [4.69, 9.17) is 10.5 Å². The first-order chi connectivity index (χ1) is 7.81. The van der Waals surface area contributed by atoms with Crippen LogP contribution in [0.4, 0.5) is 11.5 Å². The fraction of sp³-hybridized carbons (Fsp3) is 0.222. The summed E-state index contributed by atoms with van der Waals surface area (Å²) in [6.45, 7) is 0.585. The molecule has 0 saturated carbocycles. The van der Waals surface area contributed by atoms with Crippen molar-refractivity contribution in [1.29, 1.82) is 0 Å². The molecule has 0 aromatic carbocycles. The predicted octanol–water partition coefficient (Wildman–Crippen LogP) is 1.14. The molecule has 0 aliphatic rings. The van der Waals surface area contributed by atoms with Gasteiger partial charge in [0.2, 0.25) is 5.88 Å². The molecule has 0 aliphatic heterocycles. The molecule has 6 nitrogen and oxygen atoms in total. The van der Waals surface area contributed by atoms with Crippen molar-refractivity contribution in [3.63, 3.8) is 0 Å². The second kappa shape index (κ2) is 4.75. The van der Waals surface area contributed by atoms with E-state index in [1.165, 1.54) is 13.4 Å². The number of hydrogen-bond acceptors (Lipinski definition) is 7. The Morgan fingerprint density at radius 2 is 2.31 bits per heavy atom. The second-order valence-corrected chi connectivity index (χ2v) is 3.90. The number of nitrogen functional groups attached to an aromatic ring is 1. The van der Waals surface area contributed by atoms with E-state index in [0.29, 0.717) is 23.9 Å². The zero-order chi connectivity index (χ0) is 11.4. The van der Waals surface area contributed by atoms with Crippen molar-refractivity contribution < 1.29 is 4.74 Å². The predicted molar refractivity (Wildman–Crippen MR) is 62.4 cm³/mol. The van der Waals surface area contributed by atoms with Crippen LogP contribution in [0.25, 0.3) is 0 Å². The largest absolute Gasteiger partial charge is 0.479 e. The lowest BCUT2D eigenvalue weighted by molar-refractivity contribution is 0.399. The maximum Gasteiger partial charge on any atom is 0.242 e. The number of hydrogen-bond donors (Lipinski definition) is 2. The summed E-state index contributed by atoms with van der Waals surface area (Å²) in [5.74, 6) is 0.929. The van der Waals surface area contributed by atoms with Crippen LogP contribution in [-0.2, 0) is 6.54 Å². The van der Waals surface area contributed by atoms with E-state index in [2.05, 4.69) is 20.3 Å². The highest BCUT2D eigenvalue weighted by Crippen LogP contribution is 2.24. The Bertz CT molecular complexity index is 459. The highest BCUT2D eigenvalue weighted by molar-refractivity contribution is 7.09. The molecule has 2 heterocycles. The summed E-state index contributed by atoms with van der Waals surface area (Å²) in [5, 5.41) is 5.97. The first kappa shape index (κ1) is 10.6. The summed E-state index contributed by atoms with van der Waals surface area (Å²) in [7, 11) is 1.52. The molecule has 84 valence electrons. The van der Waals surface area contributed by atoms with Gasteiger partial charge in [-0.1, -0.05) is 0 Å². The van der Waals surface area contributed by atoms with Gasteiger partial charge in [0.05, 0.1) is 13.7 Å². The number of aromatic nitrogens is 3. The lowest BCUT2D eigenvalue weighted by atomic mass is 10.4.